The van der Waals surface area contributed by atoms with Crippen LogP contribution < -0.4 is 16.6 Å². The van der Waals surface area contributed by atoms with Gasteiger partial charge in [-0.3, -0.25) is 28.5 Å². The van der Waals surface area contributed by atoms with Gasteiger partial charge in [-0.1, -0.05) is 35.9 Å². The van der Waals surface area contributed by atoms with Gasteiger partial charge in [-0.15, -0.1) is 0 Å². The number of rotatable bonds is 9. The van der Waals surface area contributed by atoms with Crippen molar-refractivity contribution in [2.45, 2.75) is 37.3 Å². The summed E-state index contributed by atoms with van der Waals surface area (Å²) in [6, 6.07) is 12.5. The Morgan fingerprint density at radius 2 is 1.80 bits per heavy atom. The third kappa shape index (κ3) is 5.41. The molecule has 4 aromatic rings. The molecule has 0 saturated carbocycles. The lowest BCUT2D eigenvalue weighted by Gasteiger charge is -2.22. The molecule has 2 heterocycles. The first-order chi connectivity index (χ1) is 21.7. The van der Waals surface area contributed by atoms with E-state index in [-0.39, 0.29) is 35.1 Å². The molecule has 232 valence electrons. The first-order valence-corrected chi connectivity index (χ1v) is 14.7. The van der Waals surface area contributed by atoms with Crippen LogP contribution in [0.3, 0.4) is 0 Å². The van der Waals surface area contributed by atoms with Gasteiger partial charge in [0.05, 0.1) is 41.0 Å². The Labute approximate surface area is 262 Å². The molecule has 12 heteroatoms. The van der Waals surface area contributed by atoms with Crippen LogP contribution in [0.4, 0.5) is 10.1 Å². The number of carbonyl (C=O) groups excluding carboxylic acids is 2. The molecule has 45 heavy (non-hydrogen) atoms. The van der Waals surface area contributed by atoms with E-state index in [1.807, 2.05) is 24.3 Å². The average molecular weight is 633 g/mol. The van der Waals surface area contributed by atoms with Crippen LogP contribution in [0.25, 0.3) is 11.1 Å². The second-order valence-electron chi connectivity index (χ2n) is 11.4. The van der Waals surface area contributed by atoms with E-state index in [4.69, 9.17) is 21.1 Å². The number of hydrogen-bond donors (Lipinski definition) is 1. The zero-order valence-corrected chi connectivity index (χ0v) is 25.4. The molecule has 1 amide bonds. The van der Waals surface area contributed by atoms with Crippen molar-refractivity contribution >= 4 is 29.0 Å². The van der Waals surface area contributed by atoms with Crippen molar-refractivity contribution in [2.24, 2.45) is 0 Å². The van der Waals surface area contributed by atoms with Gasteiger partial charge >= 0.3 is 5.69 Å². The van der Waals surface area contributed by atoms with Crippen LogP contribution in [0.15, 0.2) is 70.5 Å². The van der Waals surface area contributed by atoms with Gasteiger partial charge in [-0.2, -0.15) is 0 Å². The van der Waals surface area contributed by atoms with Crippen molar-refractivity contribution in [3.8, 4) is 11.1 Å². The predicted octanol–water partition coefficient (Wildman–Crippen LogP) is 3.50. The number of carbonyl (C=O) groups is 2. The molecule has 1 atom stereocenters. The molecule has 1 spiro atoms. The summed E-state index contributed by atoms with van der Waals surface area (Å²) >= 11 is 6.22. The number of hydrogen-bond acceptors (Lipinski definition) is 7. The number of pyridine rings is 1. The van der Waals surface area contributed by atoms with Gasteiger partial charge in [-0.25, -0.2) is 9.18 Å². The minimum absolute atomic E-state index is 0.0326. The SMILES string of the molecule is COCC(COC)n1c(=O)c(-c2cccc(F)c2Cl)cn(CC(=O)Nc2ccc3c(c2)C[C@@]2(C3)C(=O)Cc3ncccc32)c1=O. The van der Waals surface area contributed by atoms with Crippen LogP contribution in [0.1, 0.15) is 28.4 Å². The fraction of sp³-hybridized carbons (Fsp3) is 0.303. The van der Waals surface area contributed by atoms with Crippen molar-refractivity contribution in [3.05, 3.63) is 115 Å². The molecule has 2 aromatic carbocycles. The van der Waals surface area contributed by atoms with Crippen LogP contribution in [0, 0.1) is 5.82 Å². The lowest BCUT2D eigenvalue weighted by atomic mass is 9.78. The normalized spacial score (nSPS) is 16.8. The van der Waals surface area contributed by atoms with Gasteiger partial charge in [0.15, 0.2) is 0 Å². The summed E-state index contributed by atoms with van der Waals surface area (Å²) in [6.07, 6.45) is 4.29. The smallest absolute Gasteiger partial charge is 0.331 e. The minimum Gasteiger partial charge on any atom is -0.382 e. The minimum atomic E-state index is -0.829. The van der Waals surface area contributed by atoms with E-state index in [0.717, 1.165) is 37.6 Å². The van der Waals surface area contributed by atoms with Gasteiger partial charge < -0.3 is 14.8 Å². The zero-order valence-electron chi connectivity index (χ0n) is 24.6. The van der Waals surface area contributed by atoms with Crippen LogP contribution >= 0.6 is 11.6 Å². The summed E-state index contributed by atoms with van der Waals surface area (Å²) in [4.78, 5) is 58.1. The molecule has 1 N–H and O–H groups in total. The highest BCUT2D eigenvalue weighted by molar-refractivity contribution is 6.33. The van der Waals surface area contributed by atoms with E-state index in [9.17, 15) is 23.6 Å². The van der Waals surface area contributed by atoms with Crippen LogP contribution in [0.2, 0.25) is 5.02 Å². The first kappa shape index (κ1) is 30.6. The number of ether oxygens (including phenoxy) is 2. The monoisotopic (exact) mass is 632 g/mol. The highest BCUT2D eigenvalue weighted by Gasteiger charge is 2.50. The molecular formula is C33H30ClFN4O6. The number of benzene rings is 2. The third-order valence-electron chi connectivity index (χ3n) is 8.57. The second kappa shape index (κ2) is 12.2. The number of halogens is 2. The van der Waals surface area contributed by atoms with E-state index >= 15 is 0 Å². The Morgan fingerprint density at radius 1 is 1.04 bits per heavy atom. The van der Waals surface area contributed by atoms with Gasteiger partial charge in [0.2, 0.25) is 5.91 Å². The fourth-order valence-electron chi connectivity index (χ4n) is 6.52. The summed E-state index contributed by atoms with van der Waals surface area (Å²) in [5, 5.41) is 2.54. The predicted molar refractivity (Wildman–Crippen MR) is 165 cm³/mol. The molecule has 6 rings (SSSR count). The van der Waals surface area contributed by atoms with Crippen LogP contribution in [-0.4, -0.2) is 53.2 Å². The van der Waals surface area contributed by atoms with E-state index < -0.39 is 41.0 Å². The molecule has 0 aliphatic heterocycles. The lowest BCUT2D eigenvalue weighted by Crippen LogP contribution is -2.46. The molecule has 2 aliphatic carbocycles. The Kier molecular flexibility index (Phi) is 8.25. The van der Waals surface area contributed by atoms with Crippen molar-refractivity contribution in [1.29, 1.82) is 0 Å². The van der Waals surface area contributed by atoms with Gasteiger partial charge in [0.25, 0.3) is 5.56 Å². The Bertz CT molecular complexity index is 1950. The largest absolute Gasteiger partial charge is 0.382 e. The standard InChI is InChI=1S/C33H30ClFN4O6/c1-44-17-22(18-45-2)39-31(42)24(23-5-3-7-26(35)30(23)34)15-38(32(39)43)16-29(41)37-21-9-8-19-13-33(14-20(19)11-21)25-6-4-10-36-27(25)12-28(33)40/h3-11,15,22H,12-14,16-18H2,1-2H3,(H,37,41)/t33-/m1/s1. The molecule has 0 saturated heterocycles. The lowest BCUT2D eigenvalue weighted by molar-refractivity contribution is -0.122. The van der Waals surface area contributed by atoms with E-state index in [1.165, 1.54) is 32.5 Å². The highest BCUT2D eigenvalue weighted by Crippen LogP contribution is 2.46. The molecular weight excluding hydrogens is 603 g/mol. The number of Topliss-reactive ketones (excluding diaryl/α,β-unsaturated/α-hetero) is 1. The maximum Gasteiger partial charge on any atom is 0.331 e. The third-order valence-corrected chi connectivity index (χ3v) is 8.95. The quantitative estimate of drug-likeness (QED) is 0.300. The van der Waals surface area contributed by atoms with Gasteiger partial charge in [0.1, 0.15) is 18.1 Å². The van der Waals surface area contributed by atoms with Crippen molar-refractivity contribution < 1.29 is 23.5 Å². The molecule has 2 aromatic heterocycles. The number of fused-ring (bicyclic) bond motifs is 3. The highest BCUT2D eigenvalue weighted by atomic mass is 35.5. The molecule has 0 bridgehead atoms. The summed E-state index contributed by atoms with van der Waals surface area (Å²) < 4.78 is 26.9. The second-order valence-corrected chi connectivity index (χ2v) is 11.7. The molecule has 0 radical (unpaired) electrons. The van der Waals surface area contributed by atoms with Crippen molar-refractivity contribution in [1.82, 2.24) is 14.1 Å². The number of anilines is 1. The first-order valence-electron chi connectivity index (χ1n) is 14.3. The van der Waals surface area contributed by atoms with E-state index in [1.54, 1.807) is 12.3 Å². The van der Waals surface area contributed by atoms with Gasteiger partial charge in [0, 0.05) is 44.3 Å². The number of nitrogens with one attached hydrogen (secondary N) is 1. The molecule has 0 fully saturated rings. The van der Waals surface area contributed by atoms with E-state index in [2.05, 4.69) is 10.3 Å². The topological polar surface area (TPSA) is 122 Å². The van der Waals surface area contributed by atoms with Crippen LogP contribution in [0.5, 0.6) is 0 Å². The molecule has 2 aliphatic rings. The number of nitrogens with zero attached hydrogens (tertiary/aromatic N) is 3. The Morgan fingerprint density at radius 3 is 2.56 bits per heavy atom. The van der Waals surface area contributed by atoms with Crippen LogP contribution in [-0.2, 0) is 50.3 Å². The zero-order chi connectivity index (χ0) is 31.9. The summed E-state index contributed by atoms with van der Waals surface area (Å²) in [7, 11) is 2.84. The maximum absolute atomic E-state index is 14.4. The fourth-order valence-corrected chi connectivity index (χ4v) is 6.75. The number of amides is 1. The average Bonchev–Trinajstić information content (AvgIpc) is 3.53. The summed E-state index contributed by atoms with van der Waals surface area (Å²) in [5.74, 6) is -1.13. The Balaban J connectivity index is 1.31. The van der Waals surface area contributed by atoms with Crippen molar-refractivity contribution in [2.75, 3.05) is 32.8 Å². The number of ketones is 1. The molecule has 0 unspecified atom stereocenters. The number of methoxy groups -OCH3 is 2. The maximum atomic E-state index is 14.4. The summed E-state index contributed by atoms with van der Waals surface area (Å²) in [6.45, 7) is -0.519. The Hall–Kier alpha value is -4.45. The van der Waals surface area contributed by atoms with Crippen molar-refractivity contribution in [3.63, 3.8) is 0 Å². The number of aromatic nitrogens is 3. The summed E-state index contributed by atoms with van der Waals surface area (Å²) in [5.41, 5.74) is 2.11. The molecule has 10 nitrogen and oxygen atoms in total. The van der Waals surface area contributed by atoms with E-state index in [0.29, 0.717) is 24.9 Å². The van der Waals surface area contributed by atoms with Gasteiger partial charge in [-0.05, 0) is 53.8 Å².